The second-order valence-corrected chi connectivity index (χ2v) is 8.57. The maximum absolute atomic E-state index is 12.0. The Labute approximate surface area is 156 Å². The standard InChI is InChI=1S/C17H21ClN4O2S/c1-17(2,3)25(23)20-11-13-9-15(21-22-16(13)18)19-10-12-5-7-14(24-4)8-6-12/h5-9,11H,10H2,1-4H3,(H,19,21). The lowest BCUT2D eigenvalue weighted by atomic mass is 10.2. The third-order valence-corrected chi connectivity index (χ3v) is 4.86. The molecule has 1 aromatic carbocycles. The minimum Gasteiger partial charge on any atom is -0.591 e. The van der Waals surface area contributed by atoms with Crippen molar-refractivity contribution in [1.82, 2.24) is 10.2 Å². The number of halogens is 1. The van der Waals surface area contributed by atoms with Gasteiger partial charge in [0.2, 0.25) is 0 Å². The fourth-order valence-electron chi connectivity index (χ4n) is 1.77. The van der Waals surface area contributed by atoms with E-state index < -0.39 is 16.1 Å². The Morgan fingerprint density at radius 2 is 1.96 bits per heavy atom. The number of benzene rings is 1. The summed E-state index contributed by atoms with van der Waals surface area (Å²) in [7, 11) is 1.63. The molecule has 0 saturated carbocycles. The molecule has 0 aliphatic carbocycles. The summed E-state index contributed by atoms with van der Waals surface area (Å²) in [5, 5.41) is 11.3. The van der Waals surface area contributed by atoms with Crippen LogP contribution in [-0.4, -0.2) is 32.8 Å². The van der Waals surface area contributed by atoms with Crippen LogP contribution in [0.15, 0.2) is 34.7 Å². The van der Waals surface area contributed by atoms with Gasteiger partial charge in [0, 0.05) is 12.1 Å². The maximum Gasteiger partial charge on any atom is 0.160 e. The van der Waals surface area contributed by atoms with Gasteiger partial charge in [0.15, 0.2) is 5.15 Å². The smallest absolute Gasteiger partial charge is 0.160 e. The summed E-state index contributed by atoms with van der Waals surface area (Å²) >= 11 is 4.68. The molecule has 0 amide bonds. The van der Waals surface area contributed by atoms with Gasteiger partial charge in [-0.3, -0.25) is 0 Å². The van der Waals surface area contributed by atoms with Gasteiger partial charge in [-0.2, -0.15) is 0 Å². The Balaban J connectivity index is 2.06. The van der Waals surface area contributed by atoms with Crippen molar-refractivity contribution in [3.8, 4) is 5.75 Å². The molecule has 0 fully saturated rings. The highest BCUT2D eigenvalue weighted by atomic mass is 35.5. The topological polar surface area (TPSA) is 82.5 Å². The van der Waals surface area contributed by atoms with E-state index in [2.05, 4.69) is 19.9 Å². The number of nitrogens with zero attached hydrogens (tertiary/aromatic N) is 3. The Bertz CT molecular complexity index is 732. The molecule has 25 heavy (non-hydrogen) atoms. The predicted molar refractivity (Wildman–Crippen MR) is 103 cm³/mol. The molecule has 8 heteroatoms. The Kier molecular flexibility index (Phi) is 6.64. The summed E-state index contributed by atoms with van der Waals surface area (Å²) in [6, 6.07) is 9.44. The third-order valence-electron chi connectivity index (χ3n) is 3.22. The number of methoxy groups -OCH3 is 1. The lowest BCUT2D eigenvalue weighted by Gasteiger charge is -2.17. The summed E-state index contributed by atoms with van der Waals surface area (Å²) in [5.74, 6) is 1.36. The minimum absolute atomic E-state index is 0.213. The van der Waals surface area contributed by atoms with Crippen molar-refractivity contribution >= 4 is 35.0 Å². The molecule has 0 aliphatic rings. The van der Waals surface area contributed by atoms with E-state index in [0.29, 0.717) is 17.9 Å². The molecular weight excluding hydrogens is 360 g/mol. The van der Waals surface area contributed by atoms with Gasteiger partial charge in [0.05, 0.1) is 13.3 Å². The zero-order valence-electron chi connectivity index (χ0n) is 14.6. The van der Waals surface area contributed by atoms with Gasteiger partial charge in [-0.25, -0.2) is 0 Å². The van der Waals surface area contributed by atoms with Gasteiger partial charge in [0.25, 0.3) is 0 Å². The molecule has 0 spiro atoms. The van der Waals surface area contributed by atoms with Gasteiger partial charge in [0.1, 0.15) is 27.7 Å². The lowest BCUT2D eigenvalue weighted by Crippen LogP contribution is -2.25. The number of hydrogen-bond acceptors (Lipinski definition) is 6. The van der Waals surface area contributed by atoms with Gasteiger partial charge in [-0.1, -0.05) is 28.1 Å². The van der Waals surface area contributed by atoms with E-state index in [1.54, 1.807) is 13.2 Å². The molecule has 0 bridgehead atoms. The van der Waals surface area contributed by atoms with Crippen molar-refractivity contribution in [2.45, 2.75) is 32.1 Å². The molecule has 0 radical (unpaired) electrons. The van der Waals surface area contributed by atoms with Gasteiger partial charge in [-0.05, 0) is 44.5 Å². The minimum atomic E-state index is -1.36. The molecule has 2 rings (SSSR count). The second-order valence-electron chi connectivity index (χ2n) is 6.27. The molecule has 0 aliphatic heterocycles. The monoisotopic (exact) mass is 380 g/mol. The van der Waals surface area contributed by atoms with Crippen molar-refractivity contribution in [2.24, 2.45) is 4.40 Å². The Morgan fingerprint density at radius 3 is 2.56 bits per heavy atom. The lowest BCUT2D eigenvalue weighted by molar-refractivity contribution is 0.414. The number of nitrogens with one attached hydrogen (secondary N) is 1. The average molecular weight is 381 g/mol. The molecule has 0 saturated heterocycles. The van der Waals surface area contributed by atoms with Crippen molar-refractivity contribution in [1.29, 1.82) is 0 Å². The fourth-order valence-corrected chi connectivity index (χ4v) is 2.43. The number of anilines is 1. The number of hydrogen-bond donors (Lipinski definition) is 1. The molecule has 1 N–H and O–H groups in total. The van der Waals surface area contributed by atoms with Crippen LogP contribution in [0.1, 0.15) is 31.9 Å². The van der Waals surface area contributed by atoms with Gasteiger partial charge < -0.3 is 14.6 Å². The van der Waals surface area contributed by atoms with Crippen molar-refractivity contribution in [2.75, 3.05) is 12.4 Å². The highest BCUT2D eigenvalue weighted by Gasteiger charge is 2.25. The van der Waals surface area contributed by atoms with Crippen LogP contribution in [0.5, 0.6) is 5.75 Å². The van der Waals surface area contributed by atoms with E-state index in [1.807, 2.05) is 45.0 Å². The number of ether oxygens (including phenoxy) is 1. The first kappa shape index (κ1) is 19.5. The summed E-state index contributed by atoms with van der Waals surface area (Å²) in [5.41, 5.74) is 1.63. The van der Waals surface area contributed by atoms with E-state index in [4.69, 9.17) is 16.3 Å². The van der Waals surface area contributed by atoms with Crippen LogP contribution in [0.4, 0.5) is 5.82 Å². The van der Waals surface area contributed by atoms with Crippen LogP contribution >= 0.6 is 11.6 Å². The quantitative estimate of drug-likeness (QED) is 0.611. The predicted octanol–water partition coefficient (Wildman–Crippen LogP) is 3.63. The van der Waals surface area contributed by atoms with Crippen LogP contribution in [0.2, 0.25) is 5.15 Å². The molecule has 2 aromatic rings. The molecule has 134 valence electrons. The normalized spacial score (nSPS) is 13.0. The fraction of sp³-hybridized carbons (Fsp3) is 0.353. The highest BCUT2D eigenvalue weighted by Crippen LogP contribution is 2.19. The van der Waals surface area contributed by atoms with Crippen LogP contribution in [0, 0.1) is 0 Å². The first-order valence-corrected chi connectivity index (χ1v) is 9.14. The van der Waals surface area contributed by atoms with E-state index in [9.17, 15) is 4.55 Å². The first-order chi connectivity index (χ1) is 11.8. The second kappa shape index (κ2) is 8.51. The van der Waals surface area contributed by atoms with Gasteiger partial charge in [-0.15, -0.1) is 10.2 Å². The third kappa shape index (κ3) is 5.88. The van der Waals surface area contributed by atoms with Crippen LogP contribution < -0.4 is 10.1 Å². The van der Waals surface area contributed by atoms with Crippen LogP contribution in [0.3, 0.4) is 0 Å². The average Bonchev–Trinajstić information content (AvgIpc) is 2.59. The zero-order valence-corrected chi connectivity index (χ0v) is 16.2. The van der Waals surface area contributed by atoms with Crippen LogP contribution in [0.25, 0.3) is 0 Å². The highest BCUT2D eigenvalue weighted by molar-refractivity contribution is 7.91. The van der Waals surface area contributed by atoms with Crippen molar-refractivity contribution in [3.63, 3.8) is 0 Å². The first-order valence-electron chi connectivity index (χ1n) is 7.65. The molecule has 1 unspecified atom stereocenters. The van der Waals surface area contributed by atoms with E-state index >= 15 is 0 Å². The summed E-state index contributed by atoms with van der Waals surface area (Å²) < 4.78 is 20.8. The molecule has 1 atom stereocenters. The maximum atomic E-state index is 12.0. The van der Waals surface area contributed by atoms with E-state index in [-0.39, 0.29) is 5.15 Å². The molecule has 1 aromatic heterocycles. The Hall–Kier alpha value is -1.83. The molecular formula is C17H21ClN4O2S. The Morgan fingerprint density at radius 1 is 1.28 bits per heavy atom. The largest absolute Gasteiger partial charge is 0.591 e. The van der Waals surface area contributed by atoms with E-state index in [0.717, 1.165) is 11.3 Å². The number of aromatic nitrogens is 2. The summed E-state index contributed by atoms with van der Waals surface area (Å²) in [6.45, 7) is 6.14. The van der Waals surface area contributed by atoms with Gasteiger partial charge >= 0.3 is 0 Å². The molecule has 6 nitrogen and oxygen atoms in total. The van der Waals surface area contributed by atoms with Crippen LogP contribution in [-0.2, 0) is 17.9 Å². The van der Waals surface area contributed by atoms with E-state index in [1.165, 1.54) is 6.21 Å². The van der Waals surface area contributed by atoms with Crippen molar-refractivity contribution < 1.29 is 9.29 Å². The van der Waals surface area contributed by atoms with Crippen molar-refractivity contribution in [3.05, 3.63) is 46.6 Å². The summed E-state index contributed by atoms with van der Waals surface area (Å²) in [4.78, 5) is 0. The summed E-state index contributed by atoms with van der Waals surface area (Å²) in [6.07, 6.45) is 1.47. The zero-order chi connectivity index (χ0) is 18.4. The number of rotatable bonds is 6. The molecule has 1 heterocycles. The SMILES string of the molecule is COc1ccc(CNc2cc(C=N[S+]([O-])C(C)(C)C)c(Cl)nn2)cc1.